The van der Waals surface area contributed by atoms with Gasteiger partial charge in [0.2, 0.25) is 0 Å². The van der Waals surface area contributed by atoms with Crippen molar-refractivity contribution < 1.29 is 4.79 Å². The third-order valence-electron chi connectivity index (χ3n) is 4.77. The summed E-state index contributed by atoms with van der Waals surface area (Å²) in [6.45, 7) is 4.73. The maximum absolute atomic E-state index is 12.5. The van der Waals surface area contributed by atoms with Gasteiger partial charge in [0.1, 0.15) is 0 Å². The molecular formula is C20H22BrN5OS. The third kappa shape index (κ3) is 4.81. The van der Waals surface area contributed by atoms with Crippen LogP contribution in [0.1, 0.15) is 10.4 Å². The Bertz CT molecular complexity index is 918. The number of amides is 2. The zero-order valence-electron chi connectivity index (χ0n) is 15.4. The maximum atomic E-state index is 12.5. The smallest absolute Gasteiger partial charge is 0.317 e. The summed E-state index contributed by atoms with van der Waals surface area (Å²) in [5, 5.41) is 7.38. The molecular weight excluding hydrogens is 438 g/mol. The minimum Gasteiger partial charge on any atom is -0.334 e. The molecule has 0 saturated carbocycles. The zero-order chi connectivity index (χ0) is 19.3. The first-order valence-corrected chi connectivity index (χ1v) is 10.9. The number of para-hydroxylation sites is 1. The molecule has 0 spiro atoms. The number of piperazine rings is 1. The Morgan fingerprint density at radius 1 is 1.11 bits per heavy atom. The highest BCUT2D eigenvalue weighted by Gasteiger charge is 2.21. The molecule has 2 amide bonds. The van der Waals surface area contributed by atoms with Crippen LogP contribution in [0.5, 0.6) is 0 Å². The van der Waals surface area contributed by atoms with Crippen LogP contribution in [0.4, 0.5) is 4.79 Å². The van der Waals surface area contributed by atoms with Crippen molar-refractivity contribution in [3.05, 3.63) is 69.1 Å². The van der Waals surface area contributed by atoms with Crippen molar-refractivity contribution in [2.45, 2.75) is 13.1 Å². The Balaban J connectivity index is 1.23. The van der Waals surface area contributed by atoms with E-state index in [1.807, 2.05) is 46.1 Å². The van der Waals surface area contributed by atoms with E-state index < -0.39 is 0 Å². The van der Waals surface area contributed by atoms with Crippen molar-refractivity contribution in [1.82, 2.24) is 24.9 Å². The summed E-state index contributed by atoms with van der Waals surface area (Å²) in [4.78, 5) is 18.1. The van der Waals surface area contributed by atoms with E-state index >= 15 is 0 Å². The second kappa shape index (κ2) is 8.89. The van der Waals surface area contributed by atoms with Crippen LogP contribution in [-0.2, 0) is 13.1 Å². The van der Waals surface area contributed by atoms with Crippen LogP contribution >= 0.6 is 27.3 Å². The normalized spacial score (nSPS) is 15.0. The van der Waals surface area contributed by atoms with Crippen molar-refractivity contribution in [1.29, 1.82) is 0 Å². The number of hydrogen-bond donors (Lipinski definition) is 1. The molecule has 1 fully saturated rings. The standard InChI is InChI=1S/C20H22BrN5OS/c21-19-7-6-18(28-19)15-24-8-10-25(11-9-24)20(27)22-12-16-13-23-26(14-16)17-4-2-1-3-5-17/h1-7,13-14H,8-12,15H2,(H,22,27). The van der Waals surface area contributed by atoms with E-state index in [0.29, 0.717) is 6.54 Å². The van der Waals surface area contributed by atoms with Crippen LogP contribution in [0, 0.1) is 0 Å². The fraction of sp³-hybridized carbons (Fsp3) is 0.300. The number of halogens is 1. The van der Waals surface area contributed by atoms with Crippen molar-refractivity contribution in [2.75, 3.05) is 26.2 Å². The Kier molecular flexibility index (Phi) is 6.09. The van der Waals surface area contributed by atoms with Crippen LogP contribution in [-0.4, -0.2) is 51.8 Å². The summed E-state index contributed by atoms with van der Waals surface area (Å²) in [5.74, 6) is 0. The molecule has 4 rings (SSSR count). The molecule has 28 heavy (non-hydrogen) atoms. The van der Waals surface area contributed by atoms with Gasteiger partial charge in [0, 0.05) is 55.9 Å². The van der Waals surface area contributed by atoms with Crippen molar-refractivity contribution in [2.24, 2.45) is 0 Å². The number of hydrogen-bond acceptors (Lipinski definition) is 4. The summed E-state index contributed by atoms with van der Waals surface area (Å²) in [6.07, 6.45) is 3.75. The second-order valence-corrected chi connectivity index (χ2v) is 9.30. The summed E-state index contributed by atoms with van der Waals surface area (Å²) in [6, 6.07) is 14.2. The molecule has 3 heterocycles. The van der Waals surface area contributed by atoms with E-state index in [0.717, 1.165) is 47.8 Å². The van der Waals surface area contributed by atoms with Crippen LogP contribution in [0.25, 0.3) is 5.69 Å². The fourth-order valence-corrected chi connectivity index (χ4v) is 4.75. The van der Waals surface area contributed by atoms with Gasteiger partial charge in [0.25, 0.3) is 0 Å². The van der Waals surface area contributed by atoms with Gasteiger partial charge in [-0.15, -0.1) is 11.3 Å². The molecule has 0 radical (unpaired) electrons. The summed E-state index contributed by atoms with van der Waals surface area (Å²) >= 11 is 5.28. The van der Waals surface area contributed by atoms with E-state index in [1.165, 1.54) is 4.88 Å². The molecule has 8 heteroatoms. The van der Waals surface area contributed by atoms with Crippen molar-refractivity contribution >= 4 is 33.3 Å². The molecule has 1 aromatic carbocycles. The van der Waals surface area contributed by atoms with E-state index in [-0.39, 0.29) is 6.03 Å². The molecule has 2 aromatic heterocycles. The Labute approximate surface area is 176 Å². The quantitative estimate of drug-likeness (QED) is 0.632. The van der Waals surface area contributed by atoms with Gasteiger partial charge in [-0.2, -0.15) is 5.10 Å². The molecule has 0 atom stereocenters. The molecule has 1 saturated heterocycles. The first-order chi connectivity index (χ1) is 13.7. The van der Waals surface area contributed by atoms with Gasteiger partial charge >= 0.3 is 6.03 Å². The number of rotatable bonds is 5. The van der Waals surface area contributed by atoms with Gasteiger partial charge in [-0.1, -0.05) is 18.2 Å². The SMILES string of the molecule is O=C(NCc1cnn(-c2ccccc2)c1)N1CCN(Cc2ccc(Br)s2)CC1. The lowest BCUT2D eigenvalue weighted by atomic mass is 10.3. The maximum Gasteiger partial charge on any atom is 0.317 e. The minimum absolute atomic E-state index is 0.00835. The molecule has 1 aliphatic rings. The van der Waals surface area contributed by atoms with Crippen LogP contribution in [0.15, 0.2) is 58.6 Å². The molecule has 0 bridgehead atoms. The zero-order valence-corrected chi connectivity index (χ0v) is 17.8. The molecule has 0 unspecified atom stereocenters. The van der Waals surface area contributed by atoms with Gasteiger partial charge < -0.3 is 10.2 Å². The molecule has 0 aliphatic carbocycles. The lowest BCUT2D eigenvalue weighted by Gasteiger charge is -2.34. The van der Waals surface area contributed by atoms with Crippen LogP contribution < -0.4 is 5.32 Å². The molecule has 1 N–H and O–H groups in total. The van der Waals surface area contributed by atoms with E-state index in [9.17, 15) is 4.79 Å². The predicted octanol–water partition coefficient (Wildman–Crippen LogP) is 3.72. The first-order valence-electron chi connectivity index (χ1n) is 9.26. The van der Waals surface area contributed by atoms with Crippen LogP contribution in [0.2, 0.25) is 0 Å². The van der Waals surface area contributed by atoms with Gasteiger partial charge in [-0.05, 0) is 40.2 Å². The number of carbonyl (C=O) groups is 1. The highest BCUT2D eigenvalue weighted by molar-refractivity contribution is 9.11. The van der Waals surface area contributed by atoms with Crippen LogP contribution in [0.3, 0.4) is 0 Å². The number of nitrogens with one attached hydrogen (secondary N) is 1. The van der Waals surface area contributed by atoms with E-state index in [4.69, 9.17) is 0 Å². The number of benzene rings is 1. The molecule has 6 nitrogen and oxygen atoms in total. The predicted molar refractivity (Wildman–Crippen MR) is 115 cm³/mol. The van der Waals surface area contributed by atoms with E-state index in [2.05, 4.69) is 43.4 Å². The largest absolute Gasteiger partial charge is 0.334 e. The number of thiophene rings is 1. The Morgan fingerprint density at radius 2 is 1.89 bits per heavy atom. The average Bonchev–Trinajstić information content (AvgIpc) is 3.36. The Hall–Kier alpha value is -2.16. The summed E-state index contributed by atoms with van der Waals surface area (Å²) < 4.78 is 2.99. The van der Waals surface area contributed by atoms with Crippen molar-refractivity contribution in [3.8, 4) is 5.69 Å². The van der Waals surface area contributed by atoms with Crippen molar-refractivity contribution in [3.63, 3.8) is 0 Å². The number of nitrogens with zero attached hydrogens (tertiary/aromatic N) is 4. The van der Waals surface area contributed by atoms with E-state index in [1.54, 1.807) is 17.5 Å². The summed E-state index contributed by atoms with van der Waals surface area (Å²) in [5.41, 5.74) is 1.99. The second-order valence-electron chi connectivity index (χ2n) is 6.76. The number of carbonyl (C=O) groups excluding carboxylic acids is 1. The fourth-order valence-electron chi connectivity index (χ4n) is 3.23. The van der Waals surface area contributed by atoms with Gasteiger partial charge in [0.05, 0.1) is 15.7 Å². The van der Waals surface area contributed by atoms with Gasteiger partial charge in [-0.25, -0.2) is 9.48 Å². The lowest BCUT2D eigenvalue weighted by molar-refractivity contribution is 0.135. The van der Waals surface area contributed by atoms with Gasteiger partial charge in [0.15, 0.2) is 0 Å². The lowest BCUT2D eigenvalue weighted by Crippen LogP contribution is -2.51. The average molecular weight is 460 g/mol. The molecule has 146 valence electrons. The molecule has 1 aliphatic heterocycles. The monoisotopic (exact) mass is 459 g/mol. The highest BCUT2D eigenvalue weighted by atomic mass is 79.9. The number of urea groups is 1. The van der Waals surface area contributed by atoms with Gasteiger partial charge in [-0.3, -0.25) is 4.90 Å². The Morgan fingerprint density at radius 3 is 2.61 bits per heavy atom. The topological polar surface area (TPSA) is 53.4 Å². The third-order valence-corrected chi connectivity index (χ3v) is 6.38. The highest BCUT2D eigenvalue weighted by Crippen LogP contribution is 2.23. The number of aromatic nitrogens is 2. The minimum atomic E-state index is -0.00835. The molecule has 3 aromatic rings. The summed E-state index contributed by atoms with van der Waals surface area (Å²) in [7, 11) is 0. The first kappa shape index (κ1) is 19.2.